The molecule has 2 heterocycles. The molecule has 9 heteroatoms. The minimum Gasteiger partial charge on any atom is -0.484 e. The van der Waals surface area contributed by atoms with E-state index in [1.807, 2.05) is 6.07 Å². The Bertz CT molecular complexity index is 795. The van der Waals surface area contributed by atoms with E-state index in [1.165, 1.54) is 0 Å². The van der Waals surface area contributed by atoms with Gasteiger partial charge in [-0.1, -0.05) is 18.2 Å². The van der Waals surface area contributed by atoms with Crippen LogP contribution in [0.15, 0.2) is 34.6 Å². The first-order valence-electron chi connectivity index (χ1n) is 6.65. The monoisotopic (exact) mass is 332 g/mol. The van der Waals surface area contributed by atoms with Gasteiger partial charge in [0.25, 0.3) is 5.91 Å². The normalized spacial score (nSPS) is 15.6. The number of aromatic nitrogens is 2. The van der Waals surface area contributed by atoms with E-state index in [9.17, 15) is 10.0 Å². The molecule has 0 spiro atoms. The van der Waals surface area contributed by atoms with Crippen LogP contribution in [0.1, 0.15) is 17.0 Å². The smallest absolute Gasteiger partial charge is 0.273 e. The van der Waals surface area contributed by atoms with Crippen LogP contribution in [0, 0.1) is 12.1 Å². The molecule has 1 aromatic carbocycles. The largest absolute Gasteiger partial charge is 0.484 e. The first-order chi connectivity index (χ1) is 11.0. The number of nitrogens with zero attached hydrogens (tertiary/aromatic N) is 2. The van der Waals surface area contributed by atoms with Gasteiger partial charge in [-0.25, -0.2) is 0 Å². The molecular weight excluding hydrogens is 320 g/mol. The highest BCUT2D eigenvalue weighted by Gasteiger charge is 2.21. The molecule has 2 aromatic rings. The topological polar surface area (TPSA) is 103 Å². The molecule has 2 N–H and O–H groups in total. The molecule has 3 rings (SSSR count). The van der Waals surface area contributed by atoms with Crippen molar-refractivity contribution in [3.63, 3.8) is 0 Å². The number of aryl methyl sites for hydroxylation is 1. The van der Waals surface area contributed by atoms with E-state index in [4.69, 9.17) is 17.0 Å². The highest BCUT2D eigenvalue weighted by molar-refractivity contribution is 7.80. The van der Waals surface area contributed by atoms with Crippen molar-refractivity contribution in [2.75, 3.05) is 0 Å². The summed E-state index contributed by atoms with van der Waals surface area (Å²) in [5, 5.41) is 20.5. The second-order valence-electron chi connectivity index (χ2n) is 4.75. The number of benzene rings is 1. The Labute approximate surface area is 136 Å². The van der Waals surface area contributed by atoms with Crippen molar-refractivity contribution in [3.8, 4) is 5.75 Å². The van der Waals surface area contributed by atoms with Crippen LogP contribution in [0.4, 0.5) is 0 Å². The first-order valence-corrected chi connectivity index (χ1v) is 7.06. The van der Waals surface area contributed by atoms with E-state index in [-0.39, 0.29) is 23.3 Å². The molecule has 1 amide bonds. The summed E-state index contributed by atoms with van der Waals surface area (Å²) in [6, 6.07) is 7.11. The SMILES string of the molecule is Cc1no[n+]([O-])c1COc1ccccc1/C=C1/NC(=S)NC1=O. The fourth-order valence-corrected chi connectivity index (χ4v) is 2.21. The number of ether oxygens (including phenoxy) is 1. The van der Waals surface area contributed by atoms with E-state index < -0.39 is 0 Å². The van der Waals surface area contributed by atoms with Gasteiger partial charge in [-0.2, -0.15) is 0 Å². The van der Waals surface area contributed by atoms with Gasteiger partial charge in [0.1, 0.15) is 11.4 Å². The number of hydrogen-bond donors (Lipinski definition) is 2. The van der Waals surface area contributed by atoms with Crippen molar-refractivity contribution >= 4 is 29.3 Å². The van der Waals surface area contributed by atoms with Gasteiger partial charge < -0.3 is 15.3 Å². The van der Waals surface area contributed by atoms with Crippen LogP contribution in [0.2, 0.25) is 0 Å². The predicted octanol–water partition coefficient (Wildman–Crippen LogP) is 0.541. The number of para-hydroxylation sites is 1. The maximum atomic E-state index is 11.7. The lowest BCUT2D eigenvalue weighted by Gasteiger charge is -2.08. The maximum absolute atomic E-state index is 11.7. The van der Waals surface area contributed by atoms with Crippen LogP contribution in [0.3, 0.4) is 0 Å². The van der Waals surface area contributed by atoms with Crippen LogP contribution in [-0.2, 0) is 11.4 Å². The number of carbonyl (C=O) groups is 1. The zero-order valence-electron chi connectivity index (χ0n) is 12.0. The number of rotatable bonds is 4. The van der Waals surface area contributed by atoms with Crippen molar-refractivity contribution in [3.05, 3.63) is 52.1 Å². The summed E-state index contributed by atoms with van der Waals surface area (Å²) >= 11 is 4.89. The van der Waals surface area contributed by atoms with Crippen LogP contribution >= 0.6 is 12.2 Å². The summed E-state index contributed by atoms with van der Waals surface area (Å²) in [7, 11) is 0. The van der Waals surface area contributed by atoms with E-state index >= 15 is 0 Å². The lowest BCUT2D eigenvalue weighted by atomic mass is 10.1. The lowest BCUT2D eigenvalue weighted by molar-refractivity contribution is -0.808. The van der Waals surface area contributed by atoms with Gasteiger partial charge in [0, 0.05) is 17.6 Å². The fraction of sp³-hybridized carbons (Fsp3) is 0.143. The minimum absolute atomic E-state index is 0.00292. The number of amides is 1. The Morgan fingerprint density at radius 3 is 2.87 bits per heavy atom. The minimum atomic E-state index is -0.308. The third-order valence-electron chi connectivity index (χ3n) is 3.19. The molecule has 1 aromatic heterocycles. The summed E-state index contributed by atoms with van der Waals surface area (Å²) < 4.78 is 10.1. The second kappa shape index (κ2) is 6.05. The summed E-state index contributed by atoms with van der Waals surface area (Å²) in [6.45, 7) is 1.65. The van der Waals surface area contributed by atoms with Gasteiger partial charge in [0.05, 0.1) is 0 Å². The molecule has 0 atom stereocenters. The molecule has 0 bridgehead atoms. The summed E-state index contributed by atoms with van der Waals surface area (Å²) in [4.78, 5) is 12.0. The number of thiocarbonyl (C=S) groups is 1. The second-order valence-corrected chi connectivity index (χ2v) is 5.16. The Hall–Kier alpha value is -2.94. The van der Waals surface area contributed by atoms with Gasteiger partial charge in [-0.3, -0.25) is 14.7 Å². The molecular formula is C14H12N4O4S. The highest BCUT2D eigenvalue weighted by atomic mass is 32.1. The molecule has 0 unspecified atom stereocenters. The zero-order valence-corrected chi connectivity index (χ0v) is 12.8. The quantitative estimate of drug-likeness (QED) is 0.478. The molecule has 23 heavy (non-hydrogen) atoms. The van der Waals surface area contributed by atoms with E-state index in [2.05, 4.69) is 20.4 Å². The van der Waals surface area contributed by atoms with Crippen molar-refractivity contribution in [2.45, 2.75) is 13.5 Å². The highest BCUT2D eigenvalue weighted by Crippen LogP contribution is 2.22. The standard InChI is InChI=1S/C14H12N4O4S/c1-8-11(18(20)22-17-8)7-21-12-5-3-2-4-9(12)6-10-13(19)16-14(23)15-10/h2-6H,7H2,1H3,(H2,15,16,19,23)/b10-6+. The molecule has 0 aliphatic carbocycles. The molecule has 0 saturated carbocycles. The van der Waals surface area contributed by atoms with Crippen LogP contribution in [0.25, 0.3) is 6.08 Å². The molecule has 0 radical (unpaired) electrons. The third-order valence-corrected chi connectivity index (χ3v) is 3.40. The van der Waals surface area contributed by atoms with Crippen LogP contribution < -0.4 is 20.3 Å². The van der Waals surface area contributed by atoms with E-state index in [0.717, 1.165) is 0 Å². The lowest BCUT2D eigenvalue weighted by Crippen LogP contribution is -2.29. The number of carbonyl (C=O) groups excluding carboxylic acids is 1. The van der Waals surface area contributed by atoms with Gasteiger partial charge >= 0.3 is 0 Å². The van der Waals surface area contributed by atoms with Crippen LogP contribution in [0.5, 0.6) is 5.75 Å². The first kappa shape index (κ1) is 15.0. The molecule has 1 fully saturated rings. The van der Waals surface area contributed by atoms with Gasteiger partial charge in [-0.05, 0) is 29.3 Å². The van der Waals surface area contributed by atoms with Gasteiger partial charge in [0.2, 0.25) is 11.4 Å². The van der Waals surface area contributed by atoms with Crippen molar-refractivity contribution < 1.29 is 19.1 Å². The molecule has 118 valence electrons. The van der Waals surface area contributed by atoms with Gasteiger partial charge in [0.15, 0.2) is 11.7 Å². The molecule has 1 aliphatic rings. The Morgan fingerprint density at radius 2 is 2.22 bits per heavy atom. The van der Waals surface area contributed by atoms with Gasteiger partial charge in [-0.15, -0.1) is 0 Å². The Balaban J connectivity index is 1.83. The predicted molar refractivity (Wildman–Crippen MR) is 82.8 cm³/mol. The van der Waals surface area contributed by atoms with E-state index in [1.54, 1.807) is 31.2 Å². The average molecular weight is 332 g/mol. The van der Waals surface area contributed by atoms with Crippen molar-refractivity contribution in [2.24, 2.45) is 0 Å². The number of hydrogen-bond acceptors (Lipinski definition) is 6. The fourth-order valence-electron chi connectivity index (χ4n) is 2.00. The summed E-state index contributed by atoms with van der Waals surface area (Å²) in [5.74, 6) is 0.199. The molecule has 8 nitrogen and oxygen atoms in total. The average Bonchev–Trinajstić information content (AvgIpc) is 3.00. The Morgan fingerprint density at radius 1 is 1.43 bits per heavy atom. The van der Waals surface area contributed by atoms with Crippen molar-refractivity contribution in [1.82, 2.24) is 15.8 Å². The Kier molecular flexibility index (Phi) is 3.94. The maximum Gasteiger partial charge on any atom is 0.273 e. The molecule has 1 saturated heterocycles. The van der Waals surface area contributed by atoms with Crippen molar-refractivity contribution in [1.29, 1.82) is 0 Å². The van der Waals surface area contributed by atoms with Crippen LogP contribution in [-0.4, -0.2) is 16.2 Å². The zero-order chi connectivity index (χ0) is 16.4. The van der Waals surface area contributed by atoms with E-state index in [0.29, 0.717) is 27.6 Å². The number of nitrogens with one attached hydrogen (secondary N) is 2. The third kappa shape index (κ3) is 3.14. The molecule has 1 aliphatic heterocycles. The summed E-state index contributed by atoms with van der Waals surface area (Å²) in [6.07, 6.45) is 1.62. The summed E-state index contributed by atoms with van der Waals surface area (Å²) in [5.41, 5.74) is 1.73.